The molecule has 0 unspecified atom stereocenters. The number of nitrogens with zero attached hydrogens (tertiary/aromatic N) is 2. The molecule has 1 saturated carbocycles. The van der Waals surface area contributed by atoms with Crippen molar-refractivity contribution in [2.24, 2.45) is 11.1 Å². The third-order valence-corrected chi connectivity index (χ3v) is 4.21. The molecule has 2 N–H and O–H groups in total. The Morgan fingerprint density at radius 3 is 2.06 bits per heavy atom. The predicted octanol–water partition coefficient (Wildman–Crippen LogP) is 0.668. The lowest BCUT2D eigenvalue weighted by Gasteiger charge is -2.43. The average Bonchev–Trinajstić information content (AvgIpc) is 3.08. The second-order valence-electron chi connectivity index (χ2n) is 6.43. The summed E-state index contributed by atoms with van der Waals surface area (Å²) in [6, 6.07) is 0. The fourth-order valence-electron chi connectivity index (χ4n) is 2.57. The minimum Gasteiger partial charge on any atom is -0.340 e. The molecule has 1 saturated heterocycles. The topological polar surface area (TPSA) is 49.6 Å². The summed E-state index contributed by atoms with van der Waals surface area (Å²) in [7, 11) is 0. The van der Waals surface area contributed by atoms with Gasteiger partial charge in [-0.3, -0.25) is 9.69 Å². The molecule has 1 aliphatic carbocycles. The van der Waals surface area contributed by atoms with E-state index in [4.69, 9.17) is 5.73 Å². The number of carbonyl (C=O) groups excluding carboxylic acids is 1. The number of rotatable bonds is 2. The largest absolute Gasteiger partial charge is 0.340 e. The van der Waals surface area contributed by atoms with Gasteiger partial charge in [0.05, 0.1) is 5.41 Å². The Bertz CT molecular complexity index is 296. The Labute approximate surface area is 104 Å². The molecule has 0 aromatic rings. The molecule has 17 heavy (non-hydrogen) atoms. The minimum absolute atomic E-state index is 0.177. The molecule has 0 radical (unpaired) electrons. The molecule has 0 atom stereocenters. The Kier molecular flexibility index (Phi) is 3.21. The van der Waals surface area contributed by atoms with Gasteiger partial charge in [-0.1, -0.05) is 0 Å². The first-order valence-electron chi connectivity index (χ1n) is 6.64. The van der Waals surface area contributed by atoms with Gasteiger partial charge in [0.15, 0.2) is 0 Å². The molecular formula is C13H25N3O. The van der Waals surface area contributed by atoms with Crippen molar-refractivity contribution in [1.29, 1.82) is 0 Å². The van der Waals surface area contributed by atoms with Crippen LogP contribution >= 0.6 is 0 Å². The third-order valence-electron chi connectivity index (χ3n) is 4.21. The molecule has 4 heteroatoms. The fraction of sp³-hybridized carbons (Fsp3) is 0.923. The van der Waals surface area contributed by atoms with Crippen LogP contribution in [0.2, 0.25) is 0 Å². The van der Waals surface area contributed by atoms with E-state index in [1.807, 2.05) is 4.90 Å². The van der Waals surface area contributed by atoms with Gasteiger partial charge in [0, 0.05) is 38.3 Å². The molecule has 2 rings (SSSR count). The van der Waals surface area contributed by atoms with Crippen molar-refractivity contribution < 1.29 is 4.79 Å². The Morgan fingerprint density at radius 1 is 1.18 bits per heavy atom. The average molecular weight is 239 g/mol. The van der Waals surface area contributed by atoms with Gasteiger partial charge in [0.1, 0.15) is 0 Å². The van der Waals surface area contributed by atoms with Crippen molar-refractivity contribution in [2.45, 2.75) is 39.2 Å². The lowest BCUT2D eigenvalue weighted by atomic mass is 10.0. The standard InChI is InChI=1S/C13H25N3O/c1-12(2,3)16-8-6-15(7-9-16)11(17)13(10-14)4-5-13/h4-10,14H2,1-3H3. The summed E-state index contributed by atoms with van der Waals surface area (Å²) in [5.41, 5.74) is 5.75. The number of carbonyl (C=O) groups is 1. The molecule has 1 heterocycles. The van der Waals surface area contributed by atoms with Gasteiger partial charge < -0.3 is 10.6 Å². The van der Waals surface area contributed by atoms with Gasteiger partial charge in [-0.2, -0.15) is 0 Å². The van der Waals surface area contributed by atoms with Crippen molar-refractivity contribution >= 4 is 5.91 Å². The van der Waals surface area contributed by atoms with Crippen molar-refractivity contribution in [1.82, 2.24) is 9.80 Å². The van der Waals surface area contributed by atoms with Gasteiger partial charge in [-0.05, 0) is 33.6 Å². The molecule has 4 nitrogen and oxygen atoms in total. The zero-order valence-corrected chi connectivity index (χ0v) is 11.3. The van der Waals surface area contributed by atoms with Gasteiger partial charge in [-0.15, -0.1) is 0 Å². The van der Waals surface area contributed by atoms with Crippen LogP contribution in [0, 0.1) is 5.41 Å². The van der Waals surface area contributed by atoms with E-state index < -0.39 is 0 Å². The van der Waals surface area contributed by atoms with E-state index in [-0.39, 0.29) is 11.0 Å². The summed E-state index contributed by atoms with van der Waals surface area (Å²) in [5, 5.41) is 0. The second kappa shape index (κ2) is 4.25. The molecule has 2 fully saturated rings. The summed E-state index contributed by atoms with van der Waals surface area (Å²) in [5.74, 6) is 0.300. The van der Waals surface area contributed by atoms with Gasteiger partial charge in [0.2, 0.25) is 5.91 Å². The number of piperazine rings is 1. The normalized spacial score (nSPS) is 24.8. The molecule has 2 aliphatic rings. The summed E-state index contributed by atoms with van der Waals surface area (Å²) >= 11 is 0. The van der Waals surface area contributed by atoms with Crippen molar-refractivity contribution in [3.8, 4) is 0 Å². The van der Waals surface area contributed by atoms with E-state index in [2.05, 4.69) is 25.7 Å². The summed E-state index contributed by atoms with van der Waals surface area (Å²) < 4.78 is 0. The first kappa shape index (κ1) is 12.8. The Morgan fingerprint density at radius 2 is 1.71 bits per heavy atom. The van der Waals surface area contributed by atoms with Crippen LogP contribution in [0.15, 0.2) is 0 Å². The van der Waals surface area contributed by atoms with Crippen molar-refractivity contribution in [3.05, 3.63) is 0 Å². The van der Waals surface area contributed by atoms with E-state index in [1.165, 1.54) is 0 Å². The summed E-state index contributed by atoms with van der Waals surface area (Å²) in [6.07, 6.45) is 1.98. The molecule has 1 aliphatic heterocycles. The number of hydrogen-bond donors (Lipinski definition) is 1. The van der Waals surface area contributed by atoms with E-state index in [0.717, 1.165) is 39.0 Å². The molecular weight excluding hydrogens is 214 g/mol. The third kappa shape index (κ3) is 2.47. The Balaban J connectivity index is 1.89. The maximum Gasteiger partial charge on any atom is 0.230 e. The predicted molar refractivity (Wildman–Crippen MR) is 68.6 cm³/mol. The van der Waals surface area contributed by atoms with E-state index in [1.54, 1.807) is 0 Å². The number of hydrogen-bond acceptors (Lipinski definition) is 3. The summed E-state index contributed by atoms with van der Waals surface area (Å²) in [4.78, 5) is 16.8. The molecule has 1 amide bonds. The first-order chi connectivity index (χ1) is 7.89. The second-order valence-corrected chi connectivity index (χ2v) is 6.43. The zero-order chi connectivity index (χ0) is 12.7. The summed E-state index contributed by atoms with van der Waals surface area (Å²) in [6.45, 7) is 10.9. The van der Waals surface area contributed by atoms with Gasteiger partial charge >= 0.3 is 0 Å². The number of nitrogens with two attached hydrogens (primary N) is 1. The van der Waals surface area contributed by atoms with Gasteiger partial charge in [0.25, 0.3) is 0 Å². The lowest BCUT2D eigenvalue weighted by molar-refractivity contribution is -0.139. The van der Waals surface area contributed by atoms with Crippen LogP contribution in [0.3, 0.4) is 0 Å². The molecule has 0 aromatic heterocycles. The highest BCUT2D eigenvalue weighted by Gasteiger charge is 2.50. The van der Waals surface area contributed by atoms with E-state index in [0.29, 0.717) is 12.5 Å². The van der Waals surface area contributed by atoms with Gasteiger partial charge in [-0.25, -0.2) is 0 Å². The highest BCUT2D eigenvalue weighted by molar-refractivity contribution is 5.85. The maximum absolute atomic E-state index is 12.3. The fourth-order valence-corrected chi connectivity index (χ4v) is 2.57. The molecule has 0 spiro atoms. The van der Waals surface area contributed by atoms with Crippen molar-refractivity contribution in [2.75, 3.05) is 32.7 Å². The Hall–Kier alpha value is -0.610. The quantitative estimate of drug-likeness (QED) is 0.770. The van der Waals surface area contributed by atoms with Crippen LogP contribution in [0.25, 0.3) is 0 Å². The smallest absolute Gasteiger partial charge is 0.230 e. The highest BCUT2D eigenvalue weighted by atomic mass is 16.2. The van der Waals surface area contributed by atoms with E-state index in [9.17, 15) is 4.79 Å². The van der Waals surface area contributed by atoms with Crippen LogP contribution in [0.5, 0.6) is 0 Å². The molecule has 0 aromatic carbocycles. The van der Waals surface area contributed by atoms with Crippen LogP contribution in [-0.2, 0) is 4.79 Å². The minimum atomic E-state index is -0.177. The lowest BCUT2D eigenvalue weighted by Crippen LogP contribution is -2.56. The van der Waals surface area contributed by atoms with E-state index >= 15 is 0 Å². The zero-order valence-electron chi connectivity index (χ0n) is 11.3. The monoisotopic (exact) mass is 239 g/mol. The first-order valence-corrected chi connectivity index (χ1v) is 6.64. The molecule has 98 valence electrons. The van der Waals surface area contributed by atoms with Crippen LogP contribution in [0.1, 0.15) is 33.6 Å². The number of amides is 1. The SMILES string of the molecule is CC(C)(C)N1CCN(C(=O)C2(CN)CC2)CC1. The maximum atomic E-state index is 12.3. The van der Waals surface area contributed by atoms with Crippen molar-refractivity contribution in [3.63, 3.8) is 0 Å². The highest BCUT2D eigenvalue weighted by Crippen LogP contribution is 2.46. The van der Waals surface area contributed by atoms with Crippen LogP contribution in [0.4, 0.5) is 0 Å². The molecule has 0 bridgehead atoms. The van der Waals surface area contributed by atoms with Crippen LogP contribution in [-0.4, -0.2) is 54.0 Å². The van der Waals surface area contributed by atoms with Crippen LogP contribution < -0.4 is 5.73 Å².